The van der Waals surface area contributed by atoms with Crippen LogP contribution in [0.5, 0.6) is 0 Å². The molecule has 0 saturated heterocycles. The van der Waals surface area contributed by atoms with Crippen molar-refractivity contribution in [3.05, 3.63) is 134 Å². The molecular weight excluding hydrogens is 1070 g/mol. The molecule has 0 spiro atoms. The highest BCUT2D eigenvalue weighted by Gasteiger charge is 2.30. The summed E-state index contributed by atoms with van der Waals surface area (Å²) in [6.45, 7) is 6.84. The number of phosphoric acid groups is 1. The van der Waals surface area contributed by atoms with Crippen LogP contribution in [-0.4, -0.2) is 74.3 Å². The Morgan fingerprint density at radius 1 is 0.424 bits per heavy atom. The predicted molar refractivity (Wildman–Crippen MR) is 369 cm³/mol. The molecule has 0 aromatic rings. The molecule has 0 radical (unpaired) electrons. The van der Waals surface area contributed by atoms with Crippen LogP contribution in [0.4, 0.5) is 0 Å². The van der Waals surface area contributed by atoms with Gasteiger partial charge in [0.15, 0.2) is 0 Å². The molecule has 85 heavy (non-hydrogen) atoms. The van der Waals surface area contributed by atoms with Gasteiger partial charge in [-0.2, -0.15) is 0 Å². The van der Waals surface area contributed by atoms with Gasteiger partial charge in [-0.15, -0.1) is 0 Å². The number of carbonyl (C=O) groups excluding carboxylic acids is 2. The van der Waals surface area contributed by atoms with Gasteiger partial charge in [0.1, 0.15) is 19.3 Å². The fourth-order valence-electron chi connectivity index (χ4n) is 9.28. The van der Waals surface area contributed by atoms with Crippen molar-refractivity contribution in [3.63, 3.8) is 0 Å². The van der Waals surface area contributed by atoms with E-state index in [4.69, 9.17) is 13.8 Å². The van der Waals surface area contributed by atoms with E-state index in [2.05, 4.69) is 148 Å². The van der Waals surface area contributed by atoms with Gasteiger partial charge in [-0.3, -0.25) is 18.6 Å². The van der Waals surface area contributed by atoms with Gasteiger partial charge < -0.3 is 19.4 Å². The number of phosphoric ester groups is 1. The van der Waals surface area contributed by atoms with Gasteiger partial charge in [0.2, 0.25) is 5.91 Å². The molecule has 3 unspecified atom stereocenters. The van der Waals surface area contributed by atoms with Crippen LogP contribution in [0.3, 0.4) is 0 Å². The van der Waals surface area contributed by atoms with E-state index >= 15 is 0 Å². The zero-order chi connectivity index (χ0) is 62.1. The monoisotopic (exact) mass is 1200 g/mol. The normalized spacial score (nSPS) is 14.4. The first kappa shape index (κ1) is 81.2. The second-order valence-electron chi connectivity index (χ2n) is 24.0. The lowest BCUT2D eigenvalue weighted by Gasteiger charge is -2.27. The molecule has 9 nitrogen and oxygen atoms in total. The van der Waals surface area contributed by atoms with E-state index in [-0.39, 0.29) is 31.5 Å². The highest BCUT2D eigenvalue weighted by atomic mass is 31.2. The summed E-state index contributed by atoms with van der Waals surface area (Å²) in [6.07, 6.45) is 90.3. The summed E-state index contributed by atoms with van der Waals surface area (Å²) in [7, 11) is 1.46. The van der Waals surface area contributed by atoms with Crippen LogP contribution < -0.4 is 5.32 Å². The molecule has 0 aromatic carbocycles. The van der Waals surface area contributed by atoms with Gasteiger partial charge in [0.05, 0.1) is 33.8 Å². The maximum atomic E-state index is 13.6. The standard InChI is InChI=1S/C75H129N2O7P/c1-7-10-13-16-19-22-25-27-29-31-33-35-37-38-40-41-43-45-47-49-52-55-58-61-64-67-74(78)76-72(71-83-85(80,81)82-70-69-77(4,5)6)73(66-63-60-57-54-51-24-21-18-15-12-9-3)84-75(79)68-65-62-59-56-53-50-48-46-44-42-39-36-34-32-30-28-26-23-20-17-14-11-8-2/h11,14,19-20,22-23,27-30,33-36,38,40,42,44,48,50,63,66,72-73H,7-10,12-13,15-18,21,24-26,31-32,37,39,41,43,45-47,49,51-62,64-65,67-71H2,1-6H3,(H-,76,78,80,81)/p+1/b14-11-,22-19-,23-20-,29-27-,30-28-,35-33-,36-34-,40-38-,44-42-,50-48-,66-63+. The van der Waals surface area contributed by atoms with Gasteiger partial charge in [-0.25, -0.2) is 4.57 Å². The molecule has 1 amide bonds. The van der Waals surface area contributed by atoms with E-state index in [1.54, 1.807) is 0 Å². The number of hydrogen-bond donors (Lipinski definition) is 2. The Morgan fingerprint density at radius 3 is 1.15 bits per heavy atom. The number of nitrogens with zero attached hydrogens (tertiary/aromatic N) is 1. The fraction of sp³-hybridized carbons (Fsp3) is 0.680. The summed E-state index contributed by atoms with van der Waals surface area (Å²) < 4.78 is 30.8. The van der Waals surface area contributed by atoms with Gasteiger partial charge in [-0.05, 0) is 128 Å². The van der Waals surface area contributed by atoms with E-state index in [9.17, 15) is 19.0 Å². The lowest BCUT2D eigenvalue weighted by molar-refractivity contribution is -0.870. The van der Waals surface area contributed by atoms with Gasteiger partial charge >= 0.3 is 13.8 Å². The fourth-order valence-corrected chi connectivity index (χ4v) is 10.0. The first-order valence-electron chi connectivity index (χ1n) is 34.5. The number of nitrogens with one attached hydrogen (secondary N) is 1. The van der Waals surface area contributed by atoms with Crippen molar-refractivity contribution in [2.75, 3.05) is 40.9 Å². The molecule has 0 heterocycles. The molecule has 2 N–H and O–H groups in total. The lowest BCUT2D eigenvalue weighted by Crippen LogP contribution is -2.47. The first-order valence-corrected chi connectivity index (χ1v) is 36.0. The van der Waals surface area contributed by atoms with Crippen LogP contribution in [0, 0.1) is 0 Å². The Labute approximate surface area is 524 Å². The minimum atomic E-state index is -4.47. The molecule has 0 aromatic heterocycles. The van der Waals surface area contributed by atoms with Crippen molar-refractivity contribution < 1.29 is 37.3 Å². The molecule has 486 valence electrons. The van der Waals surface area contributed by atoms with E-state index in [1.165, 1.54) is 103 Å². The maximum absolute atomic E-state index is 13.6. The summed E-state index contributed by atoms with van der Waals surface area (Å²) in [4.78, 5) is 37.8. The quantitative estimate of drug-likeness (QED) is 0.0205. The van der Waals surface area contributed by atoms with Gasteiger partial charge in [0.25, 0.3) is 0 Å². The van der Waals surface area contributed by atoms with Crippen molar-refractivity contribution in [3.8, 4) is 0 Å². The van der Waals surface area contributed by atoms with Crippen molar-refractivity contribution in [2.24, 2.45) is 0 Å². The lowest BCUT2D eigenvalue weighted by atomic mass is 10.0. The number of ether oxygens (including phenoxy) is 1. The molecule has 0 saturated carbocycles. The Morgan fingerprint density at radius 2 is 0.753 bits per heavy atom. The van der Waals surface area contributed by atoms with Crippen LogP contribution in [0.1, 0.15) is 278 Å². The summed E-state index contributed by atoms with van der Waals surface area (Å²) in [5, 5.41) is 3.05. The minimum Gasteiger partial charge on any atom is -0.456 e. The number of carbonyl (C=O) groups is 2. The van der Waals surface area contributed by atoms with Gasteiger partial charge in [0, 0.05) is 12.8 Å². The van der Waals surface area contributed by atoms with Gasteiger partial charge in [-0.1, -0.05) is 270 Å². The summed E-state index contributed by atoms with van der Waals surface area (Å²) >= 11 is 0. The molecule has 0 rings (SSSR count). The van der Waals surface area contributed by atoms with E-state index < -0.39 is 20.0 Å². The van der Waals surface area contributed by atoms with Crippen LogP contribution in [-0.2, 0) is 27.9 Å². The van der Waals surface area contributed by atoms with Crippen molar-refractivity contribution in [1.82, 2.24) is 5.32 Å². The molecule has 0 aliphatic heterocycles. The number of amides is 1. The van der Waals surface area contributed by atoms with Crippen molar-refractivity contribution in [2.45, 2.75) is 290 Å². The molecule has 3 atom stereocenters. The second-order valence-corrected chi connectivity index (χ2v) is 25.4. The maximum Gasteiger partial charge on any atom is 0.472 e. The van der Waals surface area contributed by atoms with Crippen molar-refractivity contribution in [1.29, 1.82) is 0 Å². The number of likely N-dealkylation sites (N-methyl/N-ethyl adjacent to an activating group) is 1. The van der Waals surface area contributed by atoms with Crippen molar-refractivity contribution >= 4 is 19.7 Å². The molecule has 0 fully saturated rings. The predicted octanol–water partition coefficient (Wildman–Crippen LogP) is 22.0. The largest absolute Gasteiger partial charge is 0.472 e. The number of unbranched alkanes of at least 4 members (excludes halogenated alkanes) is 25. The number of quaternary nitrogens is 1. The third-order valence-corrected chi connectivity index (χ3v) is 15.6. The van der Waals surface area contributed by atoms with Crippen LogP contribution in [0.25, 0.3) is 0 Å². The first-order chi connectivity index (χ1) is 41.4. The molecule has 10 heteroatoms. The third-order valence-electron chi connectivity index (χ3n) is 14.6. The highest BCUT2D eigenvalue weighted by Crippen LogP contribution is 2.43. The number of esters is 1. The van der Waals surface area contributed by atoms with E-state index in [0.29, 0.717) is 23.9 Å². The third kappa shape index (κ3) is 64.5. The topological polar surface area (TPSA) is 111 Å². The second kappa shape index (κ2) is 63.2. The van der Waals surface area contributed by atoms with Crippen LogP contribution >= 0.6 is 7.82 Å². The summed E-state index contributed by atoms with van der Waals surface area (Å²) in [6, 6.07) is -0.873. The van der Waals surface area contributed by atoms with E-state index in [1.807, 2.05) is 33.3 Å². The zero-order valence-electron chi connectivity index (χ0n) is 55.6. The minimum absolute atomic E-state index is 0.0273. The summed E-state index contributed by atoms with van der Waals surface area (Å²) in [5.74, 6) is -0.548. The average molecular weight is 1200 g/mol. The number of hydrogen-bond acceptors (Lipinski definition) is 6. The number of rotatable bonds is 61. The molecular formula is C75H130N2O7P+. The Kier molecular flexibility index (Phi) is 60.3. The smallest absolute Gasteiger partial charge is 0.456 e. The van der Waals surface area contributed by atoms with E-state index in [0.717, 1.165) is 135 Å². The SMILES string of the molecule is CC/C=C\C/C=C\C/C=C\C/C=C\C/C=C\C/C=C\CCCCCCC(=O)OC(/C=C/CCCCCCCCCCC)C(COP(=O)(O)OCC[N+](C)(C)C)NC(=O)CCCCCCCCCCC/C=C\C/C=C\C/C=C\C/C=C\CCCCC. The molecule has 0 aliphatic carbocycles. The Balaban J connectivity index is 5.16. The Bertz CT molecular complexity index is 1920. The Hall–Kier alpha value is -3.85. The zero-order valence-corrected chi connectivity index (χ0v) is 56.4. The average Bonchev–Trinajstić information content (AvgIpc) is 3.62. The molecule has 0 bridgehead atoms. The van der Waals surface area contributed by atoms with Crippen LogP contribution in [0.2, 0.25) is 0 Å². The van der Waals surface area contributed by atoms with Crippen LogP contribution in [0.15, 0.2) is 134 Å². The molecule has 0 aliphatic rings. The number of allylic oxidation sites excluding steroid dienone is 21. The highest BCUT2D eigenvalue weighted by molar-refractivity contribution is 7.47. The summed E-state index contributed by atoms with van der Waals surface area (Å²) in [5.41, 5.74) is 0.